The summed E-state index contributed by atoms with van der Waals surface area (Å²) in [4.78, 5) is 37.7. The maximum absolute atomic E-state index is 13.0. The summed E-state index contributed by atoms with van der Waals surface area (Å²) in [7, 11) is 0. The lowest BCUT2D eigenvalue weighted by atomic mass is 9.78. The molecule has 9 nitrogen and oxygen atoms in total. The molecule has 1 aliphatic rings. The van der Waals surface area contributed by atoms with E-state index in [4.69, 9.17) is 27.9 Å². The van der Waals surface area contributed by atoms with Crippen LogP contribution in [-0.4, -0.2) is 36.9 Å². The molecule has 0 aliphatic heterocycles. The maximum Gasteiger partial charge on any atom is 0.349 e. The van der Waals surface area contributed by atoms with Gasteiger partial charge in [0.05, 0.1) is 21.8 Å². The van der Waals surface area contributed by atoms with Crippen LogP contribution in [-0.2, 0) is 11.2 Å². The Morgan fingerprint density at radius 2 is 1.86 bits per heavy atom. The number of halogens is 4. The molecule has 35 heavy (non-hydrogen) atoms. The summed E-state index contributed by atoms with van der Waals surface area (Å²) in [6, 6.07) is 6.54. The molecule has 0 bridgehead atoms. The molecule has 0 unspecified atom stereocenters. The Balaban J connectivity index is 1.61. The van der Waals surface area contributed by atoms with Crippen molar-refractivity contribution in [3.8, 4) is 22.9 Å². The lowest BCUT2D eigenvalue weighted by Gasteiger charge is -2.30. The zero-order chi connectivity index (χ0) is 25.4. The summed E-state index contributed by atoms with van der Waals surface area (Å²) < 4.78 is 32.3. The quantitative estimate of drug-likeness (QED) is 0.427. The van der Waals surface area contributed by atoms with E-state index in [0.717, 1.165) is 0 Å². The van der Waals surface area contributed by atoms with Crippen LogP contribution in [0.4, 0.5) is 8.78 Å². The van der Waals surface area contributed by atoms with E-state index >= 15 is 0 Å². The highest BCUT2D eigenvalue weighted by atomic mass is 35.5. The van der Waals surface area contributed by atoms with Crippen molar-refractivity contribution in [2.24, 2.45) is 5.92 Å². The molecule has 3 N–H and O–H groups in total. The second kappa shape index (κ2) is 9.76. The highest BCUT2D eigenvalue weighted by Gasteiger charge is 2.33. The second-order valence-electron chi connectivity index (χ2n) is 7.95. The number of rotatable bonds is 7. The molecular weight excluding hydrogens is 511 g/mol. The number of aromatic hydroxyl groups is 1. The number of H-pyrrole nitrogens is 1. The number of hydrogen-bond acceptors (Lipinski definition) is 7. The Bertz CT molecular complexity index is 1400. The fraction of sp³-hybridized carbons (Fsp3) is 0.273. The normalized spacial score (nSPS) is 17.3. The predicted molar refractivity (Wildman–Crippen MR) is 121 cm³/mol. The molecule has 2 aromatic carbocycles. The van der Waals surface area contributed by atoms with E-state index < -0.39 is 29.5 Å². The number of phenols is 1. The Hall–Kier alpha value is -3.28. The number of hydrogen-bond donors (Lipinski definition) is 3. The van der Waals surface area contributed by atoms with Crippen molar-refractivity contribution in [3.63, 3.8) is 0 Å². The van der Waals surface area contributed by atoms with Crippen LogP contribution in [0.25, 0.3) is 5.69 Å². The van der Waals surface area contributed by atoms with Gasteiger partial charge in [0.1, 0.15) is 17.3 Å². The Labute approximate surface area is 205 Å². The number of phenolic OH excluding ortho intramolecular Hbond substituents is 1. The van der Waals surface area contributed by atoms with Gasteiger partial charge in [0.25, 0.3) is 12.0 Å². The van der Waals surface area contributed by atoms with Gasteiger partial charge in [0.15, 0.2) is 11.4 Å². The highest BCUT2D eigenvalue weighted by Crippen LogP contribution is 2.39. The first kappa shape index (κ1) is 24.8. The van der Waals surface area contributed by atoms with Crippen LogP contribution in [0.2, 0.25) is 10.0 Å². The summed E-state index contributed by atoms with van der Waals surface area (Å²) in [5.41, 5.74) is -3.34. The highest BCUT2D eigenvalue weighted by molar-refractivity contribution is 6.37. The first-order chi connectivity index (χ1) is 16.5. The molecule has 0 amide bonds. The number of aliphatic hydroxyl groups is 1. The van der Waals surface area contributed by atoms with Crippen molar-refractivity contribution in [1.29, 1.82) is 0 Å². The van der Waals surface area contributed by atoms with Crippen LogP contribution in [0, 0.1) is 5.92 Å². The first-order valence-corrected chi connectivity index (χ1v) is 11.0. The van der Waals surface area contributed by atoms with Gasteiger partial charge in [-0.15, -0.1) is 0 Å². The molecule has 0 saturated heterocycles. The van der Waals surface area contributed by atoms with Crippen LogP contribution >= 0.6 is 23.2 Å². The predicted octanol–water partition coefficient (Wildman–Crippen LogP) is 3.55. The van der Waals surface area contributed by atoms with Crippen molar-refractivity contribution < 1.29 is 28.5 Å². The number of aromatic amines is 1. The average Bonchev–Trinajstić information content (AvgIpc) is 2.75. The minimum absolute atomic E-state index is 0.0475. The molecule has 1 heterocycles. The van der Waals surface area contributed by atoms with Crippen molar-refractivity contribution in [3.05, 3.63) is 72.5 Å². The Kier molecular flexibility index (Phi) is 6.93. The number of nitrogens with one attached hydrogen (secondary N) is 1. The molecule has 3 aromatic rings. The molecule has 0 atom stereocenters. The average molecular weight is 528 g/mol. The molecule has 13 heteroatoms. The van der Waals surface area contributed by atoms with Crippen molar-refractivity contribution in [2.45, 2.75) is 31.8 Å². The van der Waals surface area contributed by atoms with Crippen molar-refractivity contribution in [2.75, 3.05) is 0 Å². The number of nitrogens with zero attached hydrogens (tertiary/aromatic N) is 2. The van der Waals surface area contributed by atoms with Crippen LogP contribution in [0.3, 0.4) is 0 Å². The third-order valence-electron chi connectivity index (χ3n) is 5.49. The zero-order valence-corrected chi connectivity index (χ0v) is 19.2. The summed E-state index contributed by atoms with van der Waals surface area (Å²) in [6.07, 6.45) is -2.99. The van der Waals surface area contributed by atoms with Gasteiger partial charge >= 0.3 is 5.69 Å². The number of alkyl halides is 2. The molecule has 184 valence electrons. The van der Waals surface area contributed by atoms with E-state index in [2.05, 4.69) is 5.10 Å². The number of ketones is 1. The number of ether oxygens (including phenoxy) is 1. The molecule has 1 aromatic heterocycles. The molecule has 0 radical (unpaired) electrons. The number of carbonyl (C=O) groups is 1. The third kappa shape index (κ3) is 5.21. The largest absolute Gasteiger partial charge is 0.508 e. The van der Waals surface area contributed by atoms with Gasteiger partial charge in [0.2, 0.25) is 0 Å². The lowest BCUT2D eigenvalue weighted by Crippen LogP contribution is -2.35. The van der Waals surface area contributed by atoms with E-state index in [1.54, 1.807) is 4.98 Å². The fourth-order valence-electron chi connectivity index (χ4n) is 3.56. The van der Waals surface area contributed by atoms with Gasteiger partial charge in [-0.25, -0.2) is 13.6 Å². The Morgan fingerprint density at radius 1 is 1.20 bits per heavy atom. The van der Waals surface area contributed by atoms with E-state index in [0.29, 0.717) is 23.1 Å². The standard InChI is InChI=1S/C22H17Cl2F2N3O6/c23-14-7-11(29-22(34)27-21(33)18(28-29)20(25)26)8-15(24)19(14)35-13-1-2-16(31)10(5-13)6-17(32)9-3-12(30)4-9/h1-2,5,7-9,12,20,30-31H,3-4,6H2,(H,27,33,34)/t9-,12+. The van der Waals surface area contributed by atoms with Crippen LogP contribution in [0.1, 0.15) is 30.5 Å². The number of Topliss-reactive ketones (excluding diaryl/α,β-unsaturated/α-hetero) is 1. The molecule has 1 saturated carbocycles. The summed E-state index contributed by atoms with van der Waals surface area (Å²) >= 11 is 12.5. The summed E-state index contributed by atoms with van der Waals surface area (Å²) in [5.74, 6) is -0.355. The number of benzene rings is 2. The van der Waals surface area contributed by atoms with Gasteiger partial charge in [-0.1, -0.05) is 23.2 Å². The molecule has 1 fully saturated rings. The SMILES string of the molecule is O=c1[nH]c(=O)n(-c2cc(Cl)c(Oc3ccc(O)c(CC(=O)[C@H]4C[C@@H](O)C4)c3)c(Cl)c2)nc1C(F)F. The van der Waals surface area contributed by atoms with Gasteiger partial charge in [0, 0.05) is 17.9 Å². The molecule has 1 aliphatic carbocycles. The van der Waals surface area contributed by atoms with Crippen molar-refractivity contribution >= 4 is 29.0 Å². The zero-order valence-electron chi connectivity index (χ0n) is 17.7. The van der Waals surface area contributed by atoms with E-state index in [-0.39, 0.29) is 51.1 Å². The molecule has 0 spiro atoms. The van der Waals surface area contributed by atoms with E-state index in [1.165, 1.54) is 30.3 Å². The number of aromatic nitrogens is 3. The summed E-state index contributed by atoms with van der Waals surface area (Å²) in [5, 5.41) is 22.7. The van der Waals surface area contributed by atoms with E-state index in [9.17, 15) is 33.4 Å². The van der Waals surface area contributed by atoms with Gasteiger partial charge in [-0.3, -0.25) is 14.6 Å². The fourth-order valence-corrected chi connectivity index (χ4v) is 4.12. The molecular formula is C22H17Cl2F2N3O6. The van der Waals surface area contributed by atoms with Crippen LogP contribution in [0.5, 0.6) is 17.2 Å². The number of aliphatic hydroxyl groups excluding tert-OH is 1. The van der Waals surface area contributed by atoms with Crippen molar-refractivity contribution in [1.82, 2.24) is 14.8 Å². The third-order valence-corrected chi connectivity index (χ3v) is 6.05. The topological polar surface area (TPSA) is 135 Å². The monoisotopic (exact) mass is 527 g/mol. The van der Waals surface area contributed by atoms with Gasteiger partial charge in [-0.05, 0) is 43.2 Å². The molecule has 4 rings (SSSR count). The smallest absolute Gasteiger partial charge is 0.349 e. The Morgan fingerprint density at radius 3 is 2.46 bits per heavy atom. The summed E-state index contributed by atoms with van der Waals surface area (Å²) in [6.45, 7) is 0. The maximum atomic E-state index is 13.0. The van der Waals surface area contributed by atoms with Crippen LogP contribution < -0.4 is 16.0 Å². The number of carbonyl (C=O) groups excluding carboxylic acids is 1. The second-order valence-corrected chi connectivity index (χ2v) is 8.77. The minimum Gasteiger partial charge on any atom is -0.508 e. The van der Waals surface area contributed by atoms with Gasteiger partial charge < -0.3 is 14.9 Å². The van der Waals surface area contributed by atoms with E-state index in [1.807, 2.05) is 0 Å². The van der Waals surface area contributed by atoms with Crippen LogP contribution in [0.15, 0.2) is 39.9 Å². The van der Waals surface area contributed by atoms with Gasteiger partial charge in [-0.2, -0.15) is 9.78 Å². The minimum atomic E-state index is -3.22. The first-order valence-electron chi connectivity index (χ1n) is 10.2. The lowest BCUT2D eigenvalue weighted by molar-refractivity contribution is -0.128.